The molecule has 0 N–H and O–H groups in total. The van der Waals surface area contributed by atoms with Crippen molar-refractivity contribution in [3.8, 4) is 0 Å². The predicted octanol–water partition coefficient (Wildman–Crippen LogP) is 2.07. The molecular weight excluding hydrogens is 208 g/mol. The van der Waals surface area contributed by atoms with Crippen molar-refractivity contribution in [1.82, 2.24) is 0 Å². The Bertz CT molecular complexity index is 143. The Morgan fingerprint density at radius 1 is 1.18 bits per heavy atom. The van der Waals surface area contributed by atoms with E-state index in [9.17, 15) is 0 Å². The van der Waals surface area contributed by atoms with Crippen LogP contribution in [0.3, 0.4) is 0 Å². The highest BCUT2D eigenvalue weighted by molar-refractivity contribution is 9.09. The quantitative estimate of drug-likeness (QED) is 0.583. The van der Waals surface area contributed by atoms with Gasteiger partial charge in [-0.15, -0.1) is 0 Å². The van der Waals surface area contributed by atoms with Crippen molar-refractivity contribution in [2.45, 2.75) is 36.3 Å². The average molecular weight is 221 g/mol. The number of ether oxygens (including phenoxy) is 2. The number of halogens is 1. The highest BCUT2D eigenvalue weighted by Gasteiger charge is 2.44. The van der Waals surface area contributed by atoms with Crippen LogP contribution in [0.4, 0.5) is 0 Å². The van der Waals surface area contributed by atoms with Gasteiger partial charge < -0.3 is 9.47 Å². The molecule has 2 rings (SSSR count). The Balaban J connectivity index is 2.07. The van der Waals surface area contributed by atoms with Gasteiger partial charge in [0, 0.05) is 6.42 Å². The van der Waals surface area contributed by atoms with Gasteiger partial charge in [-0.2, -0.15) is 0 Å². The third-order valence-electron chi connectivity index (χ3n) is 2.49. The van der Waals surface area contributed by atoms with Crippen LogP contribution in [0.2, 0.25) is 0 Å². The van der Waals surface area contributed by atoms with Crippen LogP contribution >= 0.6 is 15.9 Å². The van der Waals surface area contributed by atoms with Crippen LogP contribution in [0.15, 0.2) is 0 Å². The van der Waals surface area contributed by atoms with Crippen molar-refractivity contribution in [2.24, 2.45) is 0 Å². The van der Waals surface area contributed by atoms with E-state index >= 15 is 0 Å². The zero-order valence-electron chi connectivity index (χ0n) is 6.51. The summed E-state index contributed by atoms with van der Waals surface area (Å²) in [5.74, 6) is -0.252. The Labute approximate surface area is 75.4 Å². The monoisotopic (exact) mass is 220 g/mol. The van der Waals surface area contributed by atoms with Crippen molar-refractivity contribution < 1.29 is 9.47 Å². The summed E-state index contributed by atoms with van der Waals surface area (Å²) in [5.41, 5.74) is 0. The fourth-order valence-electron chi connectivity index (χ4n) is 1.87. The molecule has 11 heavy (non-hydrogen) atoms. The lowest BCUT2D eigenvalue weighted by molar-refractivity contribution is -0.170. The first kappa shape index (κ1) is 8.02. The van der Waals surface area contributed by atoms with Gasteiger partial charge in [-0.1, -0.05) is 22.4 Å². The van der Waals surface area contributed by atoms with Gasteiger partial charge in [0.25, 0.3) is 0 Å². The zero-order valence-corrected chi connectivity index (χ0v) is 8.10. The van der Waals surface area contributed by atoms with Gasteiger partial charge in [0.1, 0.15) is 0 Å². The van der Waals surface area contributed by atoms with Crippen LogP contribution in [0.25, 0.3) is 0 Å². The normalized spacial score (nSPS) is 36.3. The van der Waals surface area contributed by atoms with E-state index in [0.29, 0.717) is 4.83 Å². The summed E-state index contributed by atoms with van der Waals surface area (Å²) >= 11 is 3.62. The topological polar surface area (TPSA) is 18.5 Å². The molecule has 0 radical (unpaired) electrons. The fraction of sp³-hybridized carbons (Fsp3) is 1.00. The molecule has 0 aromatic carbocycles. The Hall–Kier alpha value is 0.400. The van der Waals surface area contributed by atoms with Gasteiger partial charge in [0.05, 0.1) is 18.0 Å². The Morgan fingerprint density at radius 2 is 1.91 bits per heavy atom. The van der Waals surface area contributed by atoms with Crippen LogP contribution in [0, 0.1) is 0 Å². The standard InChI is InChI=1S/C8H13BrO2/c9-7-3-1-2-4-8(7)10-5-6-11-8/h7H,1-6H2/t7-/m0/s1. The molecule has 3 heteroatoms. The molecule has 0 unspecified atom stereocenters. The second-order valence-electron chi connectivity index (χ2n) is 3.22. The first-order valence-electron chi connectivity index (χ1n) is 4.25. The largest absolute Gasteiger partial charge is 0.346 e. The van der Waals surface area contributed by atoms with E-state index in [4.69, 9.17) is 9.47 Å². The van der Waals surface area contributed by atoms with Crippen LogP contribution in [0.5, 0.6) is 0 Å². The van der Waals surface area contributed by atoms with Gasteiger partial charge in [-0.25, -0.2) is 0 Å². The summed E-state index contributed by atoms with van der Waals surface area (Å²) in [5, 5.41) is 0. The van der Waals surface area contributed by atoms with Gasteiger partial charge in [-0.05, 0) is 12.8 Å². The van der Waals surface area contributed by atoms with Crippen molar-refractivity contribution in [1.29, 1.82) is 0 Å². The molecule has 2 fully saturated rings. The molecule has 64 valence electrons. The summed E-state index contributed by atoms with van der Waals surface area (Å²) in [7, 11) is 0. The van der Waals surface area contributed by atoms with E-state index < -0.39 is 0 Å². The van der Waals surface area contributed by atoms with E-state index in [1.807, 2.05) is 0 Å². The second kappa shape index (κ2) is 3.04. The summed E-state index contributed by atoms with van der Waals surface area (Å²) in [6.07, 6.45) is 4.77. The minimum absolute atomic E-state index is 0.252. The van der Waals surface area contributed by atoms with Crippen LogP contribution in [-0.4, -0.2) is 23.8 Å². The lowest BCUT2D eigenvalue weighted by Crippen LogP contribution is -2.42. The van der Waals surface area contributed by atoms with Gasteiger partial charge in [-0.3, -0.25) is 0 Å². The molecular formula is C8H13BrO2. The number of rotatable bonds is 0. The van der Waals surface area contributed by atoms with E-state index in [1.165, 1.54) is 19.3 Å². The molecule has 2 aliphatic rings. The van der Waals surface area contributed by atoms with Crippen molar-refractivity contribution in [2.75, 3.05) is 13.2 Å². The van der Waals surface area contributed by atoms with Crippen LogP contribution < -0.4 is 0 Å². The van der Waals surface area contributed by atoms with Crippen molar-refractivity contribution >= 4 is 15.9 Å². The van der Waals surface area contributed by atoms with E-state index in [2.05, 4.69) is 15.9 Å². The lowest BCUT2D eigenvalue weighted by atomic mass is 9.94. The first-order chi connectivity index (χ1) is 5.33. The maximum absolute atomic E-state index is 5.62. The number of hydrogen-bond acceptors (Lipinski definition) is 2. The van der Waals surface area contributed by atoms with Crippen LogP contribution in [0.1, 0.15) is 25.7 Å². The molecule has 2 nitrogen and oxygen atoms in total. The molecule has 0 aromatic rings. The lowest BCUT2D eigenvalue weighted by Gasteiger charge is -2.35. The molecule has 1 saturated heterocycles. The number of alkyl halides is 1. The maximum atomic E-state index is 5.62. The van der Waals surface area contributed by atoms with Gasteiger partial charge in [0.2, 0.25) is 0 Å². The third kappa shape index (κ3) is 1.34. The Kier molecular flexibility index (Phi) is 2.21. The van der Waals surface area contributed by atoms with Gasteiger partial charge in [0.15, 0.2) is 5.79 Å². The average Bonchev–Trinajstić information content (AvgIpc) is 2.46. The van der Waals surface area contributed by atoms with Crippen molar-refractivity contribution in [3.05, 3.63) is 0 Å². The van der Waals surface area contributed by atoms with Crippen molar-refractivity contribution in [3.63, 3.8) is 0 Å². The highest BCUT2D eigenvalue weighted by Crippen LogP contribution is 2.39. The summed E-state index contributed by atoms with van der Waals surface area (Å²) in [4.78, 5) is 0.409. The summed E-state index contributed by atoms with van der Waals surface area (Å²) in [6.45, 7) is 1.53. The molecule has 1 saturated carbocycles. The fourth-order valence-corrected chi connectivity index (χ4v) is 2.68. The maximum Gasteiger partial charge on any atom is 0.180 e. The minimum atomic E-state index is -0.252. The molecule has 1 atom stereocenters. The molecule has 1 spiro atoms. The minimum Gasteiger partial charge on any atom is -0.346 e. The smallest absolute Gasteiger partial charge is 0.180 e. The molecule has 0 aromatic heterocycles. The van der Waals surface area contributed by atoms with Crippen LogP contribution in [-0.2, 0) is 9.47 Å². The SMILES string of the molecule is Br[C@H]1CCCCC12OCCO2. The van der Waals surface area contributed by atoms with E-state index in [-0.39, 0.29) is 5.79 Å². The highest BCUT2D eigenvalue weighted by atomic mass is 79.9. The first-order valence-corrected chi connectivity index (χ1v) is 5.17. The Morgan fingerprint density at radius 3 is 2.55 bits per heavy atom. The van der Waals surface area contributed by atoms with E-state index in [0.717, 1.165) is 19.6 Å². The zero-order chi connectivity index (χ0) is 7.73. The molecule has 0 bridgehead atoms. The predicted molar refractivity (Wildman–Crippen MR) is 45.8 cm³/mol. The molecule has 1 aliphatic heterocycles. The van der Waals surface area contributed by atoms with E-state index in [1.54, 1.807) is 0 Å². The summed E-state index contributed by atoms with van der Waals surface area (Å²) < 4.78 is 11.2. The second-order valence-corrected chi connectivity index (χ2v) is 4.33. The third-order valence-corrected chi connectivity index (χ3v) is 3.64. The van der Waals surface area contributed by atoms with Gasteiger partial charge >= 0.3 is 0 Å². The molecule has 0 amide bonds. The summed E-state index contributed by atoms with van der Waals surface area (Å²) in [6, 6.07) is 0. The number of hydrogen-bond donors (Lipinski definition) is 0. The molecule has 1 aliphatic carbocycles. The molecule has 1 heterocycles.